The number of hydrogen-bond donors (Lipinski definition) is 1. The van der Waals surface area contributed by atoms with Crippen LogP contribution in [0.4, 0.5) is 13.9 Å². The minimum absolute atomic E-state index is 0.162. The second kappa shape index (κ2) is 4.38. The number of thiazole rings is 1. The molecule has 2 aromatic rings. The third-order valence-electron chi connectivity index (χ3n) is 1.86. The second-order valence-electron chi connectivity index (χ2n) is 3.02. The van der Waals surface area contributed by atoms with Gasteiger partial charge in [0.05, 0.1) is 4.90 Å². The van der Waals surface area contributed by atoms with E-state index < -0.39 is 21.7 Å². The van der Waals surface area contributed by atoms with Crippen LogP contribution in [0.15, 0.2) is 34.7 Å². The van der Waals surface area contributed by atoms with E-state index in [1.165, 1.54) is 6.20 Å². The molecule has 1 heterocycles. The molecule has 0 aliphatic carbocycles. The van der Waals surface area contributed by atoms with Crippen LogP contribution < -0.4 is 4.72 Å². The van der Waals surface area contributed by atoms with Crippen molar-refractivity contribution >= 4 is 26.5 Å². The van der Waals surface area contributed by atoms with E-state index in [9.17, 15) is 17.2 Å². The predicted molar refractivity (Wildman–Crippen MR) is 59.3 cm³/mol. The van der Waals surface area contributed by atoms with E-state index in [0.717, 1.165) is 23.5 Å². The molecule has 0 spiro atoms. The first-order valence-corrected chi connectivity index (χ1v) is 6.73. The first-order valence-electron chi connectivity index (χ1n) is 4.36. The van der Waals surface area contributed by atoms with Crippen LogP contribution in [-0.4, -0.2) is 13.4 Å². The van der Waals surface area contributed by atoms with Crippen molar-refractivity contribution in [1.82, 2.24) is 4.98 Å². The van der Waals surface area contributed by atoms with Gasteiger partial charge in [0.25, 0.3) is 10.0 Å². The molecule has 8 heteroatoms. The van der Waals surface area contributed by atoms with Crippen LogP contribution in [0.2, 0.25) is 0 Å². The maximum absolute atomic E-state index is 12.9. The molecule has 0 fully saturated rings. The lowest BCUT2D eigenvalue weighted by molar-refractivity contribution is 0.504. The number of rotatable bonds is 3. The fourth-order valence-electron chi connectivity index (χ4n) is 1.09. The Hall–Kier alpha value is -1.54. The van der Waals surface area contributed by atoms with Crippen LogP contribution in [0.25, 0.3) is 0 Å². The molecular formula is C9H6F2N2O2S2. The van der Waals surface area contributed by atoms with Gasteiger partial charge in [0, 0.05) is 11.6 Å². The van der Waals surface area contributed by atoms with Gasteiger partial charge >= 0.3 is 0 Å². The third kappa shape index (κ3) is 2.59. The number of aromatic nitrogens is 1. The number of sulfonamides is 1. The minimum atomic E-state index is -3.93. The SMILES string of the molecule is O=S(=O)(Nc1nccs1)c1ccc(F)c(F)c1. The van der Waals surface area contributed by atoms with E-state index in [1.54, 1.807) is 5.38 Å². The third-order valence-corrected chi connectivity index (χ3v) is 4.01. The van der Waals surface area contributed by atoms with Crippen LogP contribution in [0.5, 0.6) is 0 Å². The van der Waals surface area contributed by atoms with Crippen LogP contribution in [0.3, 0.4) is 0 Å². The lowest BCUT2D eigenvalue weighted by Gasteiger charge is -2.05. The van der Waals surface area contributed by atoms with Crippen molar-refractivity contribution in [2.24, 2.45) is 0 Å². The fraction of sp³-hybridized carbons (Fsp3) is 0. The molecule has 2 rings (SSSR count). The van der Waals surface area contributed by atoms with Gasteiger partial charge in [-0.2, -0.15) is 0 Å². The molecule has 1 aromatic carbocycles. The average molecular weight is 276 g/mol. The molecule has 0 aliphatic rings. The molecule has 90 valence electrons. The minimum Gasteiger partial charge on any atom is -0.255 e. The van der Waals surface area contributed by atoms with Crippen LogP contribution >= 0.6 is 11.3 Å². The Labute approximate surface area is 100.0 Å². The van der Waals surface area contributed by atoms with E-state index in [2.05, 4.69) is 9.71 Å². The molecule has 4 nitrogen and oxygen atoms in total. The second-order valence-corrected chi connectivity index (χ2v) is 5.60. The molecule has 0 atom stereocenters. The monoisotopic (exact) mass is 276 g/mol. The van der Waals surface area contributed by atoms with Gasteiger partial charge in [0.2, 0.25) is 0 Å². The summed E-state index contributed by atoms with van der Waals surface area (Å²) in [4.78, 5) is 3.37. The van der Waals surface area contributed by atoms with Crippen molar-refractivity contribution in [3.05, 3.63) is 41.4 Å². The standard InChI is InChI=1S/C9H6F2N2O2S2/c10-7-2-1-6(5-8(7)11)17(14,15)13-9-12-3-4-16-9/h1-5H,(H,12,13). The Kier molecular flexibility index (Phi) is 3.07. The quantitative estimate of drug-likeness (QED) is 0.935. The summed E-state index contributed by atoms with van der Waals surface area (Å²) >= 11 is 1.08. The maximum atomic E-state index is 12.9. The molecule has 0 saturated heterocycles. The molecule has 0 aliphatic heterocycles. The summed E-state index contributed by atoms with van der Waals surface area (Å²) in [6.07, 6.45) is 1.42. The van der Waals surface area contributed by atoms with Gasteiger partial charge in [-0.1, -0.05) is 0 Å². The van der Waals surface area contributed by atoms with E-state index >= 15 is 0 Å². The van der Waals surface area contributed by atoms with Crippen LogP contribution in [-0.2, 0) is 10.0 Å². The Bertz CT molecular complexity index is 626. The smallest absolute Gasteiger partial charge is 0.255 e. The summed E-state index contributed by atoms with van der Waals surface area (Å²) in [7, 11) is -3.93. The zero-order chi connectivity index (χ0) is 12.5. The van der Waals surface area contributed by atoms with Gasteiger partial charge in [-0.25, -0.2) is 22.2 Å². The zero-order valence-electron chi connectivity index (χ0n) is 8.22. The number of halogens is 2. The van der Waals surface area contributed by atoms with Gasteiger partial charge in [-0.15, -0.1) is 11.3 Å². The fourth-order valence-corrected chi connectivity index (χ4v) is 2.89. The topological polar surface area (TPSA) is 59.1 Å². The van der Waals surface area contributed by atoms with Gasteiger partial charge in [0.15, 0.2) is 16.8 Å². The molecule has 0 bridgehead atoms. The molecule has 0 amide bonds. The largest absolute Gasteiger partial charge is 0.263 e. The van der Waals surface area contributed by atoms with Gasteiger partial charge in [0.1, 0.15) is 0 Å². The average Bonchev–Trinajstić information content (AvgIpc) is 2.73. The van der Waals surface area contributed by atoms with Crippen molar-refractivity contribution in [3.63, 3.8) is 0 Å². The number of benzene rings is 1. The van der Waals surface area contributed by atoms with Crippen LogP contribution in [0, 0.1) is 11.6 Å². The Morgan fingerprint density at radius 3 is 2.59 bits per heavy atom. The first-order chi connectivity index (χ1) is 7.99. The van der Waals surface area contributed by atoms with Crippen molar-refractivity contribution in [1.29, 1.82) is 0 Å². The lowest BCUT2D eigenvalue weighted by Crippen LogP contribution is -2.13. The van der Waals surface area contributed by atoms with Crippen LogP contribution in [0.1, 0.15) is 0 Å². The maximum Gasteiger partial charge on any atom is 0.263 e. The molecule has 1 N–H and O–H groups in total. The summed E-state index contributed by atoms with van der Waals surface area (Å²) in [5, 5.41) is 1.75. The number of hydrogen-bond acceptors (Lipinski definition) is 4. The molecule has 0 saturated carbocycles. The zero-order valence-corrected chi connectivity index (χ0v) is 9.86. The Morgan fingerprint density at radius 2 is 2.00 bits per heavy atom. The summed E-state index contributed by atoms with van der Waals surface area (Å²) in [6.45, 7) is 0. The van der Waals surface area contributed by atoms with E-state index in [1.807, 2.05) is 0 Å². The highest BCUT2D eigenvalue weighted by atomic mass is 32.2. The van der Waals surface area contributed by atoms with E-state index in [4.69, 9.17) is 0 Å². The number of nitrogens with zero attached hydrogens (tertiary/aromatic N) is 1. The van der Waals surface area contributed by atoms with Gasteiger partial charge in [-0.3, -0.25) is 4.72 Å². The lowest BCUT2D eigenvalue weighted by atomic mass is 10.3. The highest BCUT2D eigenvalue weighted by Crippen LogP contribution is 2.19. The Morgan fingerprint density at radius 1 is 1.24 bits per heavy atom. The van der Waals surface area contributed by atoms with Crippen molar-refractivity contribution in [2.75, 3.05) is 4.72 Å². The van der Waals surface area contributed by atoms with E-state index in [-0.39, 0.29) is 10.0 Å². The number of anilines is 1. The van der Waals surface area contributed by atoms with E-state index in [0.29, 0.717) is 6.07 Å². The normalized spacial score (nSPS) is 11.4. The molecule has 0 radical (unpaired) electrons. The van der Waals surface area contributed by atoms with Crippen molar-refractivity contribution < 1.29 is 17.2 Å². The summed E-state index contributed by atoms with van der Waals surface area (Å²) in [5.41, 5.74) is 0. The Balaban J connectivity index is 2.35. The molecule has 17 heavy (non-hydrogen) atoms. The van der Waals surface area contributed by atoms with Crippen molar-refractivity contribution in [3.8, 4) is 0 Å². The van der Waals surface area contributed by atoms with Gasteiger partial charge in [-0.05, 0) is 18.2 Å². The molecule has 1 aromatic heterocycles. The highest BCUT2D eigenvalue weighted by molar-refractivity contribution is 7.93. The van der Waals surface area contributed by atoms with Gasteiger partial charge < -0.3 is 0 Å². The summed E-state index contributed by atoms with van der Waals surface area (Å²) < 4.78 is 51.2. The summed E-state index contributed by atoms with van der Waals surface area (Å²) in [6, 6.07) is 2.35. The van der Waals surface area contributed by atoms with Crippen molar-refractivity contribution in [2.45, 2.75) is 4.90 Å². The molecular weight excluding hydrogens is 270 g/mol. The summed E-state index contributed by atoms with van der Waals surface area (Å²) in [5.74, 6) is -2.31. The first kappa shape index (κ1) is 11.9. The highest BCUT2D eigenvalue weighted by Gasteiger charge is 2.17. The predicted octanol–water partition coefficient (Wildman–Crippen LogP) is 2.22. The molecule has 0 unspecified atom stereocenters. The number of nitrogens with one attached hydrogen (secondary N) is 1.